The molecule has 2 amide bonds. The molecule has 9 heteroatoms. The molecular weight excluding hydrogens is 538 g/mol. The van der Waals surface area contributed by atoms with Crippen molar-refractivity contribution in [3.05, 3.63) is 95.6 Å². The summed E-state index contributed by atoms with van der Waals surface area (Å²) in [4.78, 5) is 29.2. The van der Waals surface area contributed by atoms with Crippen LogP contribution in [0, 0.1) is 12.8 Å². The Morgan fingerprint density at radius 1 is 0.902 bits per heavy atom. The summed E-state index contributed by atoms with van der Waals surface area (Å²) in [6.45, 7) is 8.47. The van der Waals surface area contributed by atoms with Crippen molar-refractivity contribution in [1.29, 1.82) is 0 Å². The van der Waals surface area contributed by atoms with Crippen molar-refractivity contribution in [2.75, 3.05) is 30.3 Å². The van der Waals surface area contributed by atoms with E-state index in [0.29, 0.717) is 24.6 Å². The van der Waals surface area contributed by atoms with Crippen molar-refractivity contribution in [2.24, 2.45) is 5.92 Å². The Kier molecular flexibility index (Phi) is 11.3. The van der Waals surface area contributed by atoms with E-state index >= 15 is 0 Å². The Bertz CT molecular complexity index is 1380. The first kappa shape index (κ1) is 31.7. The van der Waals surface area contributed by atoms with E-state index < -0.39 is 28.5 Å². The Morgan fingerprint density at radius 3 is 2.10 bits per heavy atom. The molecule has 1 atom stereocenters. The predicted octanol–water partition coefficient (Wildman–Crippen LogP) is 4.57. The number of ether oxygens (including phenoxy) is 1. The molecule has 0 fully saturated rings. The molecule has 0 saturated heterocycles. The van der Waals surface area contributed by atoms with Crippen LogP contribution in [0.1, 0.15) is 37.5 Å². The van der Waals surface area contributed by atoms with Crippen LogP contribution in [-0.4, -0.2) is 57.1 Å². The zero-order valence-corrected chi connectivity index (χ0v) is 25.4. The van der Waals surface area contributed by atoms with Crippen molar-refractivity contribution >= 4 is 27.5 Å². The van der Waals surface area contributed by atoms with Gasteiger partial charge in [0, 0.05) is 19.5 Å². The van der Waals surface area contributed by atoms with Crippen molar-refractivity contribution in [1.82, 2.24) is 10.2 Å². The van der Waals surface area contributed by atoms with E-state index in [9.17, 15) is 18.0 Å². The van der Waals surface area contributed by atoms with Crippen LogP contribution in [0.15, 0.2) is 78.9 Å². The molecule has 0 aliphatic heterocycles. The van der Waals surface area contributed by atoms with E-state index in [0.717, 1.165) is 27.3 Å². The number of carbonyl (C=O) groups is 2. The molecule has 0 aromatic heterocycles. The van der Waals surface area contributed by atoms with E-state index in [-0.39, 0.29) is 24.8 Å². The van der Waals surface area contributed by atoms with Crippen LogP contribution in [0.4, 0.5) is 5.69 Å². The SMILES string of the molecule is CCOc1ccc(N(CC(=O)N(Cc2ccc(C)cc2)[C@@H](Cc2ccccc2)C(=O)NCC(C)C)S(C)(=O)=O)cc1. The third-order valence-corrected chi connectivity index (χ3v) is 7.68. The maximum atomic E-state index is 14.1. The van der Waals surface area contributed by atoms with Crippen LogP contribution in [0.5, 0.6) is 5.75 Å². The van der Waals surface area contributed by atoms with Crippen LogP contribution in [0.2, 0.25) is 0 Å². The maximum absolute atomic E-state index is 14.1. The van der Waals surface area contributed by atoms with Gasteiger partial charge in [-0.2, -0.15) is 0 Å². The second-order valence-electron chi connectivity index (χ2n) is 10.5. The highest BCUT2D eigenvalue weighted by atomic mass is 32.2. The van der Waals surface area contributed by atoms with Crippen molar-refractivity contribution < 1.29 is 22.7 Å². The fourth-order valence-electron chi connectivity index (χ4n) is 4.36. The van der Waals surface area contributed by atoms with E-state index in [1.807, 2.05) is 82.3 Å². The first-order chi connectivity index (χ1) is 19.5. The van der Waals surface area contributed by atoms with E-state index in [4.69, 9.17) is 4.74 Å². The van der Waals surface area contributed by atoms with Gasteiger partial charge in [0.1, 0.15) is 18.3 Å². The average molecular weight is 580 g/mol. The molecule has 3 aromatic rings. The molecule has 0 heterocycles. The van der Waals surface area contributed by atoms with Gasteiger partial charge in [0.15, 0.2) is 0 Å². The minimum Gasteiger partial charge on any atom is -0.494 e. The zero-order valence-electron chi connectivity index (χ0n) is 24.5. The zero-order chi connectivity index (χ0) is 30.0. The summed E-state index contributed by atoms with van der Waals surface area (Å²) in [6, 6.07) is 23.0. The molecular formula is C32H41N3O5S. The van der Waals surface area contributed by atoms with Crippen LogP contribution in [0.3, 0.4) is 0 Å². The smallest absolute Gasteiger partial charge is 0.244 e. The van der Waals surface area contributed by atoms with Crippen molar-refractivity contribution in [2.45, 2.75) is 46.7 Å². The van der Waals surface area contributed by atoms with Crippen LogP contribution >= 0.6 is 0 Å². The molecule has 0 unspecified atom stereocenters. The lowest BCUT2D eigenvalue weighted by Crippen LogP contribution is -2.53. The first-order valence-corrected chi connectivity index (χ1v) is 15.7. The standard InChI is InChI=1S/C32H41N3O5S/c1-6-40-29-18-16-28(17-19-29)35(41(5,38)39)23-31(36)34(22-27-14-12-25(4)13-15-27)30(32(37)33-21-24(2)3)20-26-10-8-7-9-11-26/h7-19,24,30H,6,20-23H2,1-5H3,(H,33,37)/t30-/m0/s1. The lowest BCUT2D eigenvalue weighted by molar-refractivity contribution is -0.140. The summed E-state index contributed by atoms with van der Waals surface area (Å²) in [6.07, 6.45) is 1.35. The number of carbonyl (C=O) groups excluding carboxylic acids is 2. The fourth-order valence-corrected chi connectivity index (χ4v) is 5.21. The quantitative estimate of drug-likeness (QED) is 0.302. The van der Waals surface area contributed by atoms with Gasteiger partial charge in [-0.3, -0.25) is 13.9 Å². The minimum atomic E-state index is -3.83. The van der Waals surface area contributed by atoms with Gasteiger partial charge >= 0.3 is 0 Å². The maximum Gasteiger partial charge on any atom is 0.244 e. The van der Waals surface area contributed by atoms with Gasteiger partial charge in [0.2, 0.25) is 21.8 Å². The summed E-state index contributed by atoms with van der Waals surface area (Å²) in [5, 5.41) is 2.99. The second-order valence-corrected chi connectivity index (χ2v) is 12.5. The van der Waals surface area contributed by atoms with E-state index in [2.05, 4.69) is 5.32 Å². The van der Waals surface area contributed by atoms with Gasteiger partial charge in [-0.25, -0.2) is 8.42 Å². The van der Waals surface area contributed by atoms with Gasteiger partial charge in [-0.05, 0) is 55.2 Å². The molecule has 1 N–H and O–H groups in total. The normalized spacial score (nSPS) is 12.0. The Hall–Kier alpha value is -3.85. The summed E-state index contributed by atoms with van der Waals surface area (Å²) in [5.41, 5.74) is 3.14. The van der Waals surface area contributed by atoms with Gasteiger partial charge in [-0.15, -0.1) is 0 Å². The lowest BCUT2D eigenvalue weighted by Gasteiger charge is -2.33. The molecule has 0 spiro atoms. The van der Waals surface area contributed by atoms with Gasteiger partial charge < -0.3 is 15.0 Å². The summed E-state index contributed by atoms with van der Waals surface area (Å²) in [5.74, 6) is 0.0558. The Morgan fingerprint density at radius 2 is 1.54 bits per heavy atom. The number of amides is 2. The molecule has 3 rings (SSSR count). The molecule has 8 nitrogen and oxygen atoms in total. The Balaban J connectivity index is 2.02. The molecule has 3 aromatic carbocycles. The fraction of sp³-hybridized carbons (Fsp3) is 0.375. The number of anilines is 1. The average Bonchev–Trinajstić information content (AvgIpc) is 2.94. The summed E-state index contributed by atoms with van der Waals surface area (Å²) < 4.78 is 32.4. The molecule has 0 aliphatic rings. The number of rotatable bonds is 14. The molecule has 220 valence electrons. The third kappa shape index (κ3) is 9.63. The van der Waals surface area contributed by atoms with Gasteiger partial charge in [-0.1, -0.05) is 74.0 Å². The monoisotopic (exact) mass is 579 g/mol. The van der Waals surface area contributed by atoms with E-state index in [1.54, 1.807) is 24.3 Å². The molecule has 41 heavy (non-hydrogen) atoms. The number of benzene rings is 3. The number of sulfonamides is 1. The molecule has 0 bridgehead atoms. The number of nitrogens with zero attached hydrogens (tertiary/aromatic N) is 2. The van der Waals surface area contributed by atoms with E-state index in [1.165, 1.54) is 4.90 Å². The first-order valence-electron chi connectivity index (χ1n) is 13.8. The van der Waals surface area contributed by atoms with Crippen molar-refractivity contribution in [3.63, 3.8) is 0 Å². The number of aryl methyl sites for hydroxylation is 1. The molecule has 0 radical (unpaired) electrons. The van der Waals surface area contributed by atoms with Crippen LogP contribution < -0.4 is 14.4 Å². The van der Waals surface area contributed by atoms with Crippen LogP contribution in [0.25, 0.3) is 0 Å². The van der Waals surface area contributed by atoms with Gasteiger partial charge in [0.25, 0.3) is 0 Å². The van der Waals surface area contributed by atoms with Crippen LogP contribution in [-0.2, 0) is 32.6 Å². The lowest BCUT2D eigenvalue weighted by atomic mass is 10.0. The number of hydrogen-bond donors (Lipinski definition) is 1. The number of hydrogen-bond acceptors (Lipinski definition) is 5. The highest BCUT2D eigenvalue weighted by Gasteiger charge is 2.33. The highest BCUT2D eigenvalue weighted by Crippen LogP contribution is 2.23. The molecule has 0 saturated carbocycles. The third-order valence-electron chi connectivity index (χ3n) is 6.54. The largest absolute Gasteiger partial charge is 0.494 e. The molecule has 0 aliphatic carbocycles. The predicted molar refractivity (Wildman–Crippen MR) is 163 cm³/mol. The van der Waals surface area contributed by atoms with Crippen molar-refractivity contribution in [3.8, 4) is 5.75 Å². The second kappa shape index (κ2) is 14.7. The summed E-state index contributed by atoms with van der Waals surface area (Å²) >= 11 is 0. The highest BCUT2D eigenvalue weighted by molar-refractivity contribution is 7.92. The number of nitrogens with one attached hydrogen (secondary N) is 1. The Labute approximate surface area is 244 Å². The summed E-state index contributed by atoms with van der Waals surface area (Å²) in [7, 11) is -3.83. The minimum absolute atomic E-state index is 0.145. The van der Waals surface area contributed by atoms with Gasteiger partial charge in [0.05, 0.1) is 18.6 Å². The topological polar surface area (TPSA) is 96.0 Å².